The SMILES string of the molecule is CC(C)OC(=O)NC1CCN(c2ncccc2NC(=O)c2[nH]c3cc(Cl)cc4c3c2C2=C(c3ccccc3)C(C)CC=CN2C4C2=CCC(Cl)C=C2)CC1. The largest absolute Gasteiger partial charge is 0.447 e. The van der Waals surface area contributed by atoms with Gasteiger partial charge in [0.2, 0.25) is 0 Å². The summed E-state index contributed by atoms with van der Waals surface area (Å²) in [7, 11) is 0. The van der Waals surface area contributed by atoms with E-state index >= 15 is 0 Å². The molecule has 0 radical (unpaired) electrons. The molecule has 0 saturated carbocycles. The van der Waals surface area contributed by atoms with Gasteiger partial charge < -0.3 is 30.2 Å². The van der Waals surface area contributed by atoms with Crippen LogP contribution in [0.2, 0.25) is 5.02 Å². The zero-order chi connectivity index (χ0) is 37.5. The van der Waals surface area contributed by atoms with Crippen LogP contribution in [0.3, 0.4) is 0 Å². The van der Waals surface area contributed by atoms with Gasteiger partial charge in [-0.25, -0.2) is 9.78 Å². The molecule has 1 aliphatic carbocycles. The highest BCUT2D eigenvalue weighted by Crippen LogP contribution is 2.53. The molecule has 3 unspecified atom stereocenters. The van der Waals surface area contributed by atoms with Crippen molar-refractivity contribution in [1.82, 2.24) is 20.2 Å². The Hall–Kier alpha value is -4.99. The normalized spacial score (nSPS) is 21.2. The average Bonchev–Trinajstić information content (AvgIpc) is 3.44. The van der Waals surface area contributed by atoms with Crippen LogP contribution in [0.15, 0.2) is 96.9 Å². The third-order valence-electron chi connectivity index (χ3n) is 10.7. The summed E-state index contributed by atoms with van der Waals surface area (Å²) in [4.78, 5) is 39.8. The Morgan fingerprint density at radius 1 is 1.06 bits per heavy atom. The lowest BCUT2D eigenvalue weighted by Gasteiger charge is -2.40. The van der Waals surface area contributed by atoms with Crippen molar-refractivity contribution < 1.29 is 14.3 Å². The number of alkyl halides is 1. The summed E-state index contributed by atoms with van der Waals surface area (Å²) in [6.45, 7) is 7.25. The number of halogens is 2. The second-order valence-corrected chi connectivity index (χ2v) is 15.8. The van der Waals surface area contributed by atoms with E-state index in [9.17, 15) is 9.59 Å². The number of anilines is 2. The number of amides is 2. The number of aromatic amines is 1. The summed E-state index contributed by atoms with van der Waals surface area (Å²) in [6, 6.07) is 18.0. The minimum atomic E-state index is -0.397. The van der Waals surface area contributed by atoms with Crippen LogP contribution >= 0.6 is 23.2 Å². The predicted octanol–water partition coefficient (Wildman–Crippen LogP) is 9.84. The van der Waals surface area contributed by atoms with Crippen LogP contribution in [0.4, 0.5) is 16.3 Å². The van der Waals surface area contributed by atoms with Gasteiger partial charge in [-0.05, 0) is 92.0 Å². The van der Waals surface area contributed by atoms with Crippen LogP contribution in [0, 0.1) is 5.92 Å². The molecule has 0 bridgehead atoms. The van der Waals surface area contributed by atoms with E-state index in [0.717, 1.165) is 64.5 Å². The molecule has 2 amide bonds. The lowest BCUT2D eigenvalue weighted by atomic mass is 9.81. The van der Waals surface area contributed by atoms with Crippen molar-refractivity contribution in [2.75, 3.05) is 23.3 Å². The van der Waals surface area contributed by atoms with Crippen molar-refractivity contribution in [3.05, 3.63) is 124 Å². The first-order valence-electron chi connectivity index (χ1n) is 18.8. The monoisotopic (exact) mass is 762 g/mol. The molecule has 4 aliphatic rings. The lowest BCUT2D eigenvalue weighted by Crippen LogP contribution is -2.45. The van der Waals surface area contributed by atoms with Crippen LogP contribution in [0.25, 0.3) is 22.2 Å². The molecule has 1 saturated heterocycles. The molecule has 0 spiro atoms. The third-order valence-corrected chi connectivity index (χ3v) is 11.2. The summed E-state index contributed by atoms with van der Waals surface area (Å²) >= 11 is 13.4. The van der Waals surface area contributed by atoms with Gasteiger partial charge >= 0.3 is 6.09 Å². The highest BCUT2D eigenvalue weighted by Gasteiger charge is 2.40. The second kappa shape index (κ2) is 15.0. The maximum Gasteiger partial charge on any atom is 0.407 e. The minimum absolute atomic E-state index is 0.000763. The number of pyridine rings is 1. The number of hydrogen-bond acceptors (Lipinski definition) is 6. The number of fused-ring (bicyclic) bond motifs is 2. The van der Waals surface area contributed by atoms with E-state index in [1.54, 1.807) is 6.20 Å². The zero-order valence-electron chi connectivity index (χ0n) is 30.6. The Morgan fingerprint density at radius 2 is 1.85 bits per heavy atom. The highest BCUT2D eigenvalue weighted by molar-refractivity contribution is 6.32. The fourth-order valence-corrected chi connectivity index (χ4v) is 8.69. The molecule has 2 aromatic carbocycles. The second-order valence-electron chi connectivity index (χ2n) is 14.8. The minimum Gasteiger partial charge on any atom is -0.447 e. The summed E-state index contributed by atoms with van der Waals surface area (Å²) in [5.41, 5.74) is 8.17. The van der Waals surface area contributed by atoms with Gasteiger partial charge in [0.05, 0.1) is 28.9 Å². The van der Waals surface area contributed by atoms with Crippen molar-refractivity contribution in [2.24, 2.45) is 5.92 Å². The number of H-pyrrole nitrogens is 1. The van der Waals surface area contributed by atoms with E-state index < -0.39 is 6.09 Å². The molecule has 4 aromatic rings. The molecule has 3 aliphatic heterocycles. The van der Waals surface area contributed by atoms with Crippen LogP contribution in [-0.2, 0) is 4.74 Å². The maximum absolute atomic E-state index is 14.8. The van der Waals surface area contributed by atoms with Gasteiger partial charge in [-0.1, -0.05) is 73.2 Å². The topological polar surface area (TPSA) is 103 Å². The Morgan fingerprint density at radius 3 is 2.59 bits per heavy atom. The standard InChI is InChI=1S/C43H44Cl2N6O3/c1-25(2)54-43(53)47-31-17-21-50(22-18-31)41-33(12-7-19-46-41)49-42(52)38-37-36-32(23-30(45)24-34(36)48-38)39(28-13-15-29(44)16-14-28)51-20-8-9-26(3)35(40(37)51)27-10-5-4-6-11-27/h4-8,10-15,19-20,23-26,29,31,39,48H,9,16-18,21-22H2,1-3H3,(H,47,53)(H,49,52). The van der Waals surface area contributed by atoms with E-state index in [2.05, 4.69) is 87.1 Å². The van der Waals surface area contributed by atoms with E-state index in [4.69, 9.17) is 32.9 Å². The Balaban J connectivity index is 1.22. The van der Waals surface area contributed by atoms with Gasteiger partial charge in [0.15, 0.2) is 5.82 Å². The molecule has 54 heavy (non-hydrogen) atoms. The number of piperidine rings is 1. The molecular weight excluding hydrogens is 719 g/mol. The first kappa shape index (κ1) is 36.0. The van der Waals surface area contributed by atoms with Crippen molar-refractivity contribution in [3.8, 4) is 0 Å². The molecular formula is C43H44Cl2N6O3. The number of ether oxygens (including phenoxy) is 1. The molecule has 8 rings (SSSR count). The Labute approximate surface area is 325 Å². The summed E-state index contributed by atoms with van der Waals surface area (Å²) in [6.07, 6.45) is 15.0. The molecule has 3 N–H and O–H groups in total. The van der Waals surface area contributed by atoms with Crippen LogP contribution in [0.5, 0.6) is 0 Å². The van der Waals surface area contributed by atoms with Gasteiger partial charge in [-0.15, -0.1) is 11.6 Å². The summed E-state index contributed by atoms with van der Waals surface area (Å²) in [5, 5.41) is 7.74. The maximum atomic E-state index is 14.8. The number of rotatable bonds is 7. The Kier molecular flexibility index (Phi) is 10.0. The van der Waals surface area contributed by atoms with E-state index in [-0.39, 0.29) is 35.4 Å². The third kappa shape index (κ3) is 6.91. The fraction of sp³-hybridized carbons (Fsp3) is 0.326. The van der Waals surface area contributed by atoms with Crippen molar-refractivity contribution in [1.29, 1.82) is 0 Å². The van der Waals surface area contributed by atoms with E-state index in [0.29, 0.717) is 35.3 Å². The fourth-order valence-electron chi connectivity index (χ4n) is 8.30. The van der Waals surface area contributed by atoms with Crippen LogP contribution in [0.1, 0.15) is 79.7 Å². The first-order chi connectivity index (χ1) is 26.2. The number of allylic oxidation sites excluding steroid dienone is 4. The number of carbonyl (C=O) groups is 2. The van der Waals surface area contributed by atoms with Gasteiger partial charge in [0.25, 0.3) is 5.91 Å². The van der Waals surface area contributed by atoms with Gasteiger partial charge in [0.1, 0.15) is 5.69 Å². The molecule has 5 heterocycles. The van der Waals surface area contributed by atoms with Crippen molar-refractivity contribution in [3.63, 3.8) is 0 Å². The molecule has 3 atom stereocenters. The van der Waals surface area contributed by atoms with Crippen LogP contribution in [-0.4, -0.2) is 57.5 Å². The van der Waals surface area contributed by atoms with Crippen LogP contribution < -0.4 is 15.5 Å². The quantitative estimate of drug-likeness (QED) is 0.162. The van der Waals surface area contributed by atoms with Crippen molar-refractivity contribution in [2.45, 2.75) is 70.0 Å². The zero-order valence-corrected chi connectivity index (χ0v) is 32.1. The lowest BCUT2D eigenvalue weighted by molar-refractivity contribution is 0.102. The van der Waals surface area contributed by atoms with Crippen molar-refractivity contribution >= 4 is 68.9 Å². The molecule has 9 nitrogen and oxygen atoms in total. The first-order valence-corrected chi connectivity index (χ1v) is 19.6. The molecule has 1 fully saturated rings. The van der Waals surface area contributed by atoms with E-state index in [1.165, 1.54) is 5.57 Å². The number of nitrogens with zero attached hydrogens (tertiary/aromatic N) is 3. The predicted molar refractivity (Wildman–Crippen MR) is 218 cm³/mol. The molecule has 11 heteroatoms. The number of aromatic nitrogens is 2. The van der Waals surface area contributed by atoms with Gasteiger partial charge in [0, 0.05) is 53.0 Å². The number of alkyl carbamates (subject to hydrolysis) is 1. The van der Waals surface area contributed by atoms with E-state index in [1.807, 2.05) is 44.2 Å². The number of carbonyl (C=O) groups excluding carboxylic acids is 2. The average molecular weight is 764 g/mol. The molecule has 278 valence electrons. The number of benzene rings is 2. The Bertz CT molecular complexity index is 2220. The summed E-state index contributed by atoms with van der Waals surface area (Å²) in [5.74, 6) is 0.580. The summed E-state index contributed by atoms with van der Waals surface area (Å²) < 4.78 is 5.29. The smallest absolute Gasteiger partial charge is 0.407 e. The van der Waals surface area contributed by atoms with Gasteiger partial charge in [-0.3, -0.25) is 4.79 Å². The number of nitrogens with one attached hydrogen (secondary N) is 3. The molecule has 2 aromatic heterocycles. The van der Waals surface area contributed by atoms with Gasteiger partial charge in [-0.2, -0.15) is 0 Å². The number of hydrogen-bond donors (Lipinski definition) is 3. The highest BCUT2D eigenvalue weighted by atomic mass is 35.5.